The first kappa shape index (κ1) is 14.6. The molecule has 0 spiro atoms. The van der Waals surface area contributed by atoms with Crippen molar-refractivity contribution >= 4 is 11.4 Å². The molecule has 0 saturated heterocycles. The molecule has 0 heterocycles. The summed E-state index contributed by atoms with van der Waals surface area (Å²) in [7, 11) is 2.12. The van der Waals surface area contributed by atoms with Gasteiger partial charge >= 0.3 is 0 Å². The maximum Gasteiger partial charge on any atom is 0.123 e. The highest BCUT2D eigenvalue weighted by molar-refractivity contribution is 5.59. The molecule has 0 unspecified atom stereocenters. The molecule has 0 amide bonds. The molecule has 0 atom stereocenters. The average molecular weight is 251 g/mol. The molecule has 0 radical (unpaired) electrons. The first-order valence-corrected chi connectivity index (χ1v) is 6.50. The van der Waals surface area contributed by atoms with Crippen LogP contribution in [0.15, 0.2) is 18.2 Å². The number of nitrogens with zero attached hydrogens (tertiary/aromatic N) is 1. The quantitative estimate of drug-likeness (QED) is 0.731. The zero-order chi connectivity index (χ0) is 13.5. The zero-order valence-corrected chi connectivity index (χ0v) is 11.9. The molecule has 0 aliphatic rings. The van der Waals surface area contributed by atoms with E-state index in [1.54, 1.807) is 0 Å². The van der Waals surface area contributed by atoms with Crippen molar-refractivity contribution in [1.82, 2.24) is 4.90 Å². The maximum atomic E-state index is 5.84. The van der Waals surface area contributed by atoms with Crippen molar-refractivity contribution < 1.29 is 4.74 Å². The van der Waals surface area contributed by atoms with Gasteiger partial charge in [0.15, 0.2) is 0 Å². The fourth-order valence-electron chi connectivity index (χ4n) is 1.61. The first-order valence-electron chi connectivity index (χ1n) is 6.50. The first-order chi connectivity index (χ1) is 8.52. The van der Waals surface area contributed by atoms with Crippen molar-refractivity contribution in [2.24, 2.45) is 0 Å². The second kappa shape index (κ2) is 7.11. The van der Waals surface area contributed by atoms with Crippen molar-refractivity contribution in [2.45, 2.75) is 26.8 Å². The van der Waals surface area contributed by atoms with Gasteiger partial charge in [-0.15, -0.1) is 0 Å². The standard InChI is InChI=1S/C14H25N3O/c1-5-18-14-9-12(15)8-13(10-14)16-6-7-17(4)11(2)3/h8-11,16H,5-7,15H2,1-4H3. The number of nitrogen functional groups attached to an aromatic ring is 1. The average Bonchev–Trinajstić information content (AvgIpc) is 2.28. The summed E-state index contributed by atoms with van der Waals surface area (Å²) in [6.07, 6.45) is 0. The second-order valence-corrected chi connectivity index (χ2v) is 4.72. The molecule has 18 heavy (non-hydrogen) atoms. The third-order valence-electron chi connectivity index (χ3n) is 2.92. The van der Waals surface area contributed by atoms with Crippen molar-refractivity contribution in [1.29, 1.82) is 0 Å². The highest BCUT2D eigenvalue weighted by atomic mass is 16.5. The number of hydrogen-bond acceptors (Lipinski definition) is 4. The summed E-state index contributed by atoms with van der Waals surface area (Å²) in [5.41, 5.74) is 7.57. The molecule has 3 N–H and O–H groups in total. The number of anilines is 2. The molecule has 102 valence electrons. The molecule has 1 aromatic rings. The molecule has 4 heteroatoms. The summed E-state index contributed by atoms with van der Waals surface area (Å²) in [6, 6.07) is 6.31. The fraction of sp³-hybridized carbons (Fsp3) is 0.571. The molecule has 4 nitrogen and oxygen atoms in total. The summed E-state index contributed by atoms with van der Waals surface area (Å²) in [6.45, 7) is 8.88. The summed E-state index contributed by atoms with van der Waals surface area (Å²) >= 11 is 0. The molecule has 0 aromatic heterocycles. The van der Waals surface area contributed by atoms with Gasteiger partial charge in [0.2, 0.25) is 0 Å². The van der Waals surface area contributed by atoms with Gasteiger partial charge in [0.05, 0.1) is 6.61 Å². The van der Waals surface area contributed by atoms with Crippen LogP contribution in [0.1, 0.15) is 20.8 Å². The predicted octanol–water partition coefficient (Wildman–Crippen LogP) is 2.42. The number of hydrogen-bond donors (Lipinski definition) is 2. The Morgan fingerprint density at radius 2 is 2.06 bits per heavy atom. The SMILES string of the molecule is CCOc1cc(N)cc(NCCN(C)C(C)C)c1. The monoisotopic (exact) mass is 251 g/mol. The maximum absolute atomic E-state index is 5.84. The van der Waals surface area contributed by atoms with Gasteiger partial charge in [0.25, 0.3) is 0 Å². The molecule has 1 aromatic carbocycles. The van der Waals surface area contributed by atoms with E-state index in [0.29, 0.717) is 12.6 Å². The number of benzene rings is 1. The Labute approximate surface area is 110 Å². The van der Waals surface area contributed by atoms with E-state index >= 15 is 0 Å². The summed E-state index contributed by atoms with van der Waals surface area (Å²) in [5, 5.41) is 3.37. The van der Waals surface area contributed by atoms with E-state index in [2.05, 4.69) is 31.1 Å². The summed E-state index contributed by atoms with van der Waals surface area (Å²) in [5.74, 6) is 0.817. The third kappa shape index (κ3) is 4.84. The van der Waals surface area contributed by atoms with Crippen LogP contribution in [0.3, 0.4) is 0 Å². The van der Waals surface area contributed by atoms with Crippen LogP contribution >= 0.6 is 0 Å². The Balaban J connectivity index is 2.51. The minimum absolute atomic E-state index is 0.562. The number of nitrogens with one attached hydrogen (secondary N) is 1. The molecule has 0 bridgehead atoms. The van der Waals surface area contributed by atoms with Gasteiger partial charge in [0.1, 0.15) is 5.75 Å². The zero-order valence-electron chi connectivity index (χ0n) is 11.9. The Hall–Kier alpha value is -1.42. The Morgan fingerprint density at radius 3 is 2.67 bits per heavy atom. The minimum atomic E-state index is 0.562. The van der Waals surface area contributed by atoms with Gasteiger partial charge in [0, 0.05) is 42.6 Å². The van der Waals surface area contributed by atoms with E-state index in [1.807, 2.05) is 25.1 Å². The van der Waals surface area contributed by atoms with Crippen LogP contribution in [0.25, 0.3) is 0 Å². The van der Waals surface area contributed by atoms with Crippen molar-refractivity contribution in [3.63, 3.8) is 0 Å². The third-order valence-corrected chi connectivity index (χ3v) is 2.92. The summed E-state index contributed by atoms with van der Waals surface area (Å²) < 4.78 is 5.46. The van der Waals surface area contributed by atoms with Crippen molar-refractivity contribution in [2.75, 3.05) is 37.8 Å². The molecule has 0 fully saturated rings. The van der Waals surface area contributed by atoms with Crippen LogP contribution in [-0.2, 0) is 0 Å². The van der Waals surface area contributed by atoms with Gasteiger partial charge in [-0.1, -0.05) is 0 Å². The minimum Gasteiger partial charge on any atom is -0.494 e. The van der Waals surface area contributed by atoms with Gasteiger partial charge in [-0.2, -0.15) is 0 Å². The number of nitrogens with two attached hydrogens (primary N) is 1. The van der Waals surface area contributed by atoms with E-state index in [-0.39, 0.29) is 0 Å². The van der Waals surface area contributed by atoms with E-state index < -0.39 is 0 Å². The van der Waals surface area contributed by atoms with Crippen LogP contribution in [0.4, 0.5) is 11.4 Å². The number of ether oxygens (including phenoxy) is 1. The van der Waals surface area contributed by atoms with Gasteiger partial charge < -0.3 is 20.7 Å². The smallest absolute Gasteiger partial charge is 0.123 e. The number of likely N-dealkylation sites (N-methyl/N-ethyl adjacent to an activating group) is 1. The molecule has 0 saturated carbocycles. The molecular weight excluding hydrogens is 226 g/mol. The van der Waals surface area contributed by atoms with Crippen LogP contribution in [-0.4, -0.2) is 37.7 Å². The van der Waals surface area contributed by atoms with E-state index in [4.69, 9.17) is 10.5 Å². The Bertz CT molecular complexity index is 366. The topological polar surface area (TPSA) is 50.5 Å². The normalized spacial score (nSPS) is 11.0. The fourth-order valence-corrected chi connectivity index (χ4v) is 1.61. The Kier molecular flexibility index (Phi) is 5.78. The van der Waals surface area contributed by atoms with E-state index in [9.17, 15) is 0 Å². The van der Waals surface area contributed by atoms with Gasteiger partial charge in [-0.3, -0.25) is 0 Å². The summed E-state index contributed by atoms with van der Waals surface area (Å²) in [4.78, 5) is 2.29. The van der Waals surface area contributed by atoms with Crippen molar-refractivity contribution in [3.05, 3.63) is 18.2 Å². The largest absolute Gasteiger partial charge is 0.494 e. The van der Waals surface area contributed by atoms with Crippen LogP contribution < -0.4 is 15.8 Å². The molecule has 0 aliphatic carbocycles. The Morgan fingerprint density at radius 1 is 1.33 bits per heavy atom. The lowest BCUT2D eigenvalue weighted by Crippen LogP contribution is -2.31. The van der Waals surface area contributed by atoms with E-state index in [1.165, 1.54) is 0 Å². The van der Waals surface area contributed by atoms with Gasteiger partial charge in [-0.25, -0.2) is 0 Å². The lowest BCUT2D eigenvalue weighted by Gasteiger charge is -2.21. The van der Waals surface area contributed by atoms with Crippen LogP contribution in [0.2, 0.25) is 0 Å². The van der Waals surface area contributed by atoms with E-state index in [0.717, 1.165) is 30.2 Å². The van der Waals surface area contributed by atoms with Crippen LogP contribution in [0.5, 0.6) is 5.75 Å². The number of rotatable bonds is 7. The second-order valence-electron chi connectivity index (χ2n) is 4.72. The highest BCUT2D eigenvalue weighted by Crippen LogP contribution is 2.22. The van der Waals surface area contributed by atoms with Crippen molar-refractivity contribution in [3.8, 4) is 5.75 Å². The lowest BCUT2D eigenvalue weighted by atomic mass is 10.2. The molecular formula is C14H25N3O. The predicted molar refractivity (Wildman–Crippen MR) is 78.3 cm³/mol. The molecule has 1 rings (SSSR count). The molecule has 0 aliphatic heterocycles. The highest BCUT2D eigenvalue weighted by Gasteiger charge is 2.03. The lowest BCUT2D eigenvalue weighted by molar-refractivity contribution is 0.284. The van der Waals surface area contributed by atoms with Crippen LogP contribution in [0, 0.1) is 0 Å². The van der Waals surface area contributed by atoms with Gasteiger partial charge in [-0.05, 0) is 33.9 Å².